The minimum atomic E-state index is 0.840. The lowest BCUT2D eigenvalue weighted by atomic mass is 10.3. The van der Waals surface area contributed by atoms with E-state index in [1.54, 1.807) is 0 Å². The molecule has 2 rings (SSSR count). The monoisotopic (exact) mass is 247 g/mol. The molecule has 0 amide bonds. The fourth-order valence-electron chi connectivity index (χ4n) is 1.97. The van der Waals surface area contributed by atoms with Gasteiger partial charge < -0.3 is 9.88 Å². The van der Waals surface area contributed by atoms with Crippen molar-refractivity contribution in [1.29, 1.82) is 0 Å². The Balaban J connectivity index is 1.89. The third kappa shape index (κ3) is 3.20. The quantitative estimate of drug-likeness (QED) is 0.752. The van der Waals surface area contributed by atoms with E-state index in [0.29, 0.717) is 0 Å². The lowest BCUT2D eigenvalue weighted by molar-refractivity contribution is 0.578. The molecule has 0 unspecified atom stereocenters. The summed E-state index contributed by atoms with van der Waals surface area (Å²) in [5.41, 5.74) is 1.25. The summed E-state index contributed by atoms with van der Waals surface area (Å²) in [4.78, 5) is 4.39. The number of nitrogens with zero attached hydrogens (tertiary/aromatic N) is 4. The van der Waals surface area contributed by atoms with Crippen molar-refractivity contribution in [1.82, 2.24) is 24.6 Å². The Morgan fingerprint density at radius 1 is 1.33 bits per heavy atom. The average Bonchev–Trinajstić information content (AvgIpc) is 2.96. The number of hydrogen-bond acceptors (Lipinski definition) is 3. The first kappa shape index (κ1) is 12.8. The molecule has 0 bridgehead atoms. The normalized spacial score (nSPS) is 11.0. The van der Waals surface area contributed by atoms with Crippen molar-refractivity contribution in [2.75, 3.05) is 6.54 Å². The van der Waals surface area contributed by atoms with Gasteiger partial charge in [-0.15, -0.1) is 0 Å². The minimum Gasteiger partial charge on any atom is -0.333 e. The van der Waals surface area contributed by atoms with Crippen molar-refractivity contribution in [3.8, 4) is 0 Å². The molecule has 5 heteroatoms. The number of aryl methyl sites for hydroxylation is 3. The molecule has 1 N–H and O–H groups in total. The van der Waals surface area contributed by atoms with Crippen molar-refractivity contribution in [2.45, 2.75) is 32.9 Å². The molecule has 2 aromatic rings. The van der Waals surface area contributed by atoms with Crippen LogP contribution in [0.3, 0.4) is 0 Å². The highest BCUT2D eigenvalue weighted by atomic mass is 15.3. The zero-order valence-electron chi connectivity index (χ0n) is 11.1. The molecule has 0 saturated heterocycles. The van der Waals surface area contributed by atoms with Crippen LogP contribution in [-0.2, 0) is 26.6 Å². The van der Waals surface area contributed by atoms with Crippen LogP contribution in [0.5, 0.6) is 0 Å². The highest BCUT2D eigenvalue weighted by Crippen LogP contribution is 2.03. The van der Waals surface area contributed by atoms with Gasteiger partial charge in [0.2, 0.25) is 0 Å². The van der Waals surface area contributed by atoms with E-state index >= 15 is 0 Å². The van der Waals surface area contributed by atoms with Crippen LogP contribution in [0.15, 0.2) is 24.7 Å². The topological polar surface area (TPSA) is 47.7 Å². The molecule has 18 heavy (non-hydrogen) atoms. The Morgan fingerprint density at radius 3 is 2.94 bits per heavy atom. The van der Waals surface area contributed by atoms with Crippen LogP contribution < -0.4 is 5.32 Å². The number of imidazole rings is 1. The van der Waals surface area contributed by atoms with Gasteiger partial charge in [0.15, 0.2) is 0 Å². The molecule has 2 heterocycles. The second-order valence-electron chi connectivity index (χ2n) is 4.41. The maximum atomic E-state index is 4.39. The lowest BCUT2D eigenvalue weighted by Gasteiger charge is -2.08. The molecule has 0 radical (unpaired) electrons. The van der Waals surface area contributed by atoms with Crippen molar-refractivity contribution in [3.05, 3.63) is 36.2 Å². The Morgan fingerprint density at radius 2 is 2.22 bits per heavy atom. The van der Waals surface area contributed by atoms with Crippen molar-refractivity contribution >= 4 is 0 Å². The smallest absolute Gasteiger partial charge is 0.122 e. The van der Waals surface area contributed by atoms with Crippen LogP contribution in [0.25, 0.3) is 0 Å². The highest BCUT2D eigenvalue weighted by molar-refractivity contribution is 5.01. The van der Waals surface area contributed by atoms with Gasteiger partial charge in [-0.3, -0.25) is 4.68 Å². The molecule has 5 nitrogen and oxygen atoms in total. The zero-order valence-corrected chi connectivity index (χ0v) is 11.1. The summed E-state index contributed by atoms with van der Waals surface area (Å²) in [6.07, 6.45) is 7.88. The molecule has 0 atom stereocenters. The number of rotatable bonds is 7. The zero-order chi connectivity index (χ0) is 12.8. The lowest BCUT2D eigenvalue weighted by Crippen LogP contribution is -2.18. The molecule has 0 aliphatic rings. The van der Waals surface area contributed by atoms with E-state index in [4.69, 9.17) is 0 Å². The average molecular weight is 247 g/mol. The van der Waals surface area contributed by atoms with E-state index in [9.17, 15) is 0 Å². The van der Waals surface area contributed by atoms with Crippen LogP contribution in [0.2, 0.25) is 0 Å². The van der Waals surface area contributed by atoms with Crippen molar-refractivity contribution in [2.24, 2.45) is 7.05 Å². The molecule has 98 valence electrons. The van der Waals surface area contributed by atoms with Crippen LogP contribution >= 0.6 is 0 Å². The largest absolute Gasteiger partial charge is 0.333 e. The molecule has 0 fully saturated rings. The summed E-state index contributed by atoms with van der Waals surface area (Å²) in [5.74, 6) is 1.10. The van der Waals surface area contributed by atoms with Gasteiger partial charge in [0.25, 0.3) is 0 Å². The van der Waals surface area contributed by atoms with E-state index in [1.165, 1.54) is 5.69 Å². The first-order valence-electron chi connectivity index (χ1n) is 6.49. The third-order valence-electron chi connectivity index (χ3n) is 3.04. The molecule has 0 spiro atoms. The van der Waals surface area contributed by atoms with Gasteiger partial charge >= 0.3 is 0 Å². The summed E-state index contributed by atoms with van der Waals surface area (Å²) in [6.45, 7) is 4.99. The fraction of sp³-hybridized carbons (Fsp3) is 0.538. The summed E-state index contributed by atoms with van der Waals surface area (Å²) in [7, 11) is 1.98. The Labute approximate surface area is 108 Å². The van der Waals surface area contributed by atoms with Gasteiger partial charge in [-0.05, 0) is 19.0 Å². The molecule has 0 aromatic carbocycles. The van der Waals surface area contributed by atoms with Gasteiger partial charge in [-0.2, -0.15) is 5.10 Å². The van der Waals surface area contributed by atoms with E-state index in [-0.39, 0.29) is 0 Å². The predicted octanol–water partition coefficient (Wildman–Crippen LogP) is 1.36. The summed E-state index contributed by atoms with van der Waals surface area (Å²) in [6, 6.07) is 2.06. The molecule has 0 aliphatic carbocycles. The van der Waals surface area contributed by atoms with Gasteiger partial charge in [-0.1, -0.05) is 6.92 Å². The first-order valence-corrected chi connectivity index (χ1v) is 6.49. The van der Waals surface area contributed by atoms with Crippen LogP contribution in [-0.4, -0.2) is 25.9 Å². The maximum Gasteiger partial charge on any atom is 0.122 e. The van der Waals surface area contributed by atoms with Crippen molar-refractivity contribution in [3.63, 3.8) is 0 Å². The Bertz CT molecular complexity index is 471. The highest BCUT2D eigenvalue weighted by Gasteiger charge is 2.04. The maximum absolute atomic E-state index is 4.39. The Hall–Kier alpha value is -1.62. The standard InChI is InChI=1S/C13H21N5/c1-3-6-14-11-13-15-8-10-18(13)9-5-12-4-7-16-17(12)2/h4,7-8,10,14H,3,5-6,9,11H2,1-2H3. The van der Waals surface area contributed by atoms with E-state index in [2.05, 4.69) is 33.0 Å². The number of hydrogen-bond donors (Lipinski definition) is 1. The van der Waals surface area contributed by atoms with Gasteiger partial charge in [0, 0.05) is 44.3 Å². The molecule has 2 aromatic heterocycles. The molecular weight excluding hydrogens is 226 g/mol. The van der Waals surface area contributed by atoms with E-state index in [1.807, 2.05) is 30.3 Å². The summed E-state index contributed by atoms with van der Waals surface area (Å²) >= 11 is 0. The SMILES string of the molecule is CCCNCc1nccn1CCc1ccnn1C. The van der Waals surface area contributed by atoms with Crippen molar-refractivity contribution < 1.29 is 0 Å². The van der Waals surface area contributed by atoms with Gasteiger partial charge in [0.1, 0.15) is 5.82 Å². The Kier molecular flexibility index (Phi) is 4.52. The van der Waals surface area contributed by atoms with E-state index < -0.39 is 0 Å². The van der Waals surface area contributed by atoms with Crippen LogP contribution in [0.1, 0.15) is 24.9 Å². The van der Waals surface area contributed by atoms with Gasteiger partial charge in [0.05, 0.1) is 6.54 Å². The summed E-state index contributed by atoms with van der Waals surface area (Å²) < 4.78 is 4.13. The second-order valence-corrected chi connectivity index (χ2v) is 4.41. The second kappa shape index (κ2) is 6.35. The van der Waals surface area contributed by atoms with Gasteiger partial charge in [-0.25, -0.2) is 4.98 Å². The van der Waals surface area contributed by atoms with E-state index in [0.717, 1.165) is 38.3 Å². The number of aromatic nitrogens is 4. The van der Waals surface area contributed by atoms with Crippen LogP contribution in [0, 0.1) is 0 Å². The van der Waals surface area contributed by atoms with Crippen LogP contribution in [0.4, 0.5) is 0 Å². The molecular formula is C13H21N5. The summed E-state index contributed by atoms with van der Waals surface area (Å²) in [5, 5.41) is 7.56. The minimum absolute atomic E-state index is 0.840. The molecule has 0 saturated carbocycles. The fourth-order valence-corrected chi connectivity index (χ4v) is 1.97. The third-order valence-corrected chi connectivity index (χ3v) is 3.04. The number of nitrogens with one attached hydrogen (secondary N) is 1. The first-order chi connectivity index (χ1) is 8.81. The molecule has 0 aliphatic heterocycles. The predicted molar refractivity (Wildman–Crippen MR) is 71.1 cm³/mol.